The van der Waals surface area contributed by atoms with Crippen molar-refractivity contribution in [1.29, 1.82) is 0 Å². The average molecular weight is 285 g/mol. The summed E-state index contributed by atoms with van der Waals surface area (Å²) in [5, 5.41) is 0. The van der Waals surface area contributed by atoms with Crippen LogP contribution in [0.4, 0.5) is 0 Å². The molecule has 1 aliphatic heterocycles. The van der Waals surface area contributed by atoms with Crippen molar-refractivity contribution in [2.45, 2.75) is 19.8 Å². The Kier molecular flexibility index (Phi) is 4.93. The van der Waals surface area contributed by atoms with Gasteiger partial charge in [0.1, 0.15) is 0 Å². The quantitative estimate of drug-likeness (QED) is 0.761. The summed E-state index contributed by atoms with van der Waals surface area (Å²) in [5.41, 5.74) is 1.20. The van der Waals surface area contributed by atoms with Crippen LogP contribution in [0, 0.1) is 0 Å². The molecule has 19 heavy (non-hydrogen) atoms. The van der Waals surface area contributed by atoms with Gasteiger partial charge in [0.2, 0.25) is 0 Å². The van der Waals surface area contributed by atoms with Crippen LogP contribution in [0.5, 0.6) is 0 Å². The van der Waals surface area contributed by atoms with Crippen molar-refractivity contribution in [2.75, 3.05) is 25.4 Å². The van der Waals surface area contributed by atoms with E-state index in [1.165, 1.54) is 5.56 Å². The van der Waals surface area contributed by atoms with Crippen molar-refractivity contribution in [3.8, 4) is 0 Å². The van der Waals surface area contributed by atoms with Crippen molar-refractivity contribution in [1.82, 2.24) is 4.90 Å². The first-order valence-electron chi connectivity index (χ1n) is 6.38. The highest BCUT2D eigenvalue weighted by molar-refractivity contribution is 7.86. The molecule has 1 atom stereocenters. The maximum absolute atomic E-state index is 11.4. The number of morpholine rings is 1. The van der Waals surface area contributed by atoms with Crippen LogP contribution in [-0.2, 0) is 25.6 Å². The third-order valence-corrected chi connectivity index (χ3v) is 4.19. The molecule has 5 nitrogen and oxygen atoms in total. The molecule has 0 radical (unpaired) electrons. The first kappa shape index (κ1) is 14.5. The van der Waals surface area contributed by atoms with Crippen LogP contribution < -0.4 is 0 Å². The number of hydrogen-bond donors (Lipinski definition) is 0. The molecule has 0 unspecified atom stereocenters. The number of benzene rings is 1. The zero-order chi connectivity index (χ0) is 13.7. The van der Waals surface area contributed by atoms with Crippen molar-refractivity contribution >= 4 is 10.1 Å². The molecular formula is C13H19NO4S. The van der Waals surface area contributed by atoms with E-state index in [4.69, 9.17) is 8.92 Å². The molecule has 0 N–H and O–H groups in total. The van der Waals surface area contributed by atoms with Crippen LogP contribution in [-0.4, -0.2) is 45.1 Å². The molecule has 0 aromatic heterocycles. The zero-order valence-corrected chi connectivity index (χ0v) is 11.8. The number of nitrogens with zero attached hydrogens (tertiary/aromatic N) is 1. The second-order valence-corrected chi connectivity index (χ2v) is 6.35. The fourth-order valence-electron chi connectivity index (χ4n) is 1.94. The molecule has 1 fully saturated rings. The van der Waals surface area contributed by atoms with Gasteiger partial charge in [-0.15, -0.1) is 0 Å². The number of ether oxygens (including phenoxy) is 1. The Balaban J connectivity index is 1.91. The molecule has 0 aliphatic carbocycles. The Hall–Kier alpha value is -0.950. The second kappa shape index (κ2) is 6.47. The van der Waals surface area contributed by atoms with E-state index in [0.29, 0.717) is 13.2 Å². The van der Waals surface area contributed by atoms with Crippen LogP contribution in [0.15, 0.2) is 30.3 Å². The second-order valence-electron chi connectivity index (χ2n) is 4.46. The van der Waals surface area contributed by atoms with Gasteiger partial charge in [0, 0.05) is 13.1 Å². The average Bonchev–Trinajstić information content (AvgIpc) is 2.40. The number of hydrogen-bond acceptors (Lipinski definition) is 5. The highest BCUT2D eigenvalue weighted by atomic mass is 32.2. The summed E-state index contributed by atoms with van der Waals surface area (Å²) in [7, 11) is -3.47. The van der Waals surface area contributed by atoms with Crippen LogP contribution >= 0.6 is 0 Å². The molecule has 1 saturated heterocycles. The Morgan fingerprint density at radius 3 is 2.79 bits per heavy atom. The van der Waals surface area contributed by atoms with E-state index >= 15 is 0 Å². The Labute approximate surface area is 114 Å². The summed E-state index contributed by atoms with van der Waals surface area (Å²) in [6.07, 6.45) is -0.692. The Morgan fingerprint density at radius 2 is 2.11 bits per heavy atom. The molecular weight excluding hydrogens is 266 g/mol. The highest BCUT2D eigenvalue weighted by Crippen LogP contribution is 2.13. The lowest BCUT2D eigenvalue weighted by Gasteiger charge is -2.32. The lowest BCUT2D eigenvalue weighted by atomic mass is 10.2. The molecule has 6 heteroatoms. The fraction of sp³-hybridized carbons (Fsp3) is 0.538. The molecule has 0 amide bonds. The van der Waals surface area contributed by atoms with Gasteiger partial charge in [-0.2, -0.15) is 8.42 Å². The molecule has 106 valence electrons. The molecule has 0 bridgehead atoms. The van der Waals surface area contributed by atoms with Gasteiger partial charge in [-0.3, -0.25) is 4.90 Å². The topological polar surface area (TPSA) is 55.8 Å². The molecule has 1 aliphatic rings. The lowest BCUT2D eigenvalue weighted by molar-refractivity contribution is -0.129. The molecule has 1 aromatic rings. The highest BCUT2D eigenvalue weighted by Gasteiger charge is 2.25. The van der Waals surface area contributed by atoms with Crippen molar-refractivity contribution in [2.24, 2.45) is 0 Å². The van der Waals surface area contributed by atoms with Gasteiger partial charge in [-0.1, -0.05) is 30.3 Å². The van der Waals surface area contributed by atoms with E-state index in [1.54, 1.807) is 6.92 Å². The molecule has 0 spiro atoms. The minimum Gasteiger partial charge on any atom is -0.349 e. The standard InChI is InChI=1S/C13H19NO4S/c1-2-19(15,16)18-13-11-14(8-9-17-13)10-12-6-4-3-5-7-12/h3-7,13H,2,8-11H2,1H3/t13-/m1/s1. The van der Waals surface area contributed by atoms with E-state index < -0.39 is 16.4 Å². The van der Waals surface area contributed by atoms with Gasteiger partial charge >= 0.3 is 0 Å². The summed E-state index contributed by atoms with van der Waals surface area (Å²) in [4.78, 5) is 2.13. The van der Waals surface area contributed by atoms with Crippen molar-refractivity contribution in [3.05, 3.63) is 35.9 Å². The third-order valence-electron chi connectivity index (χ3n) is 2.98. The van der Waals surface area contributed by atoms with E-state index in [2.05, 4.69) is 4.90 Å². The van der Waals surface area contributed by atoms with Gasteiger partial charge in [0.25, 0.3) is 10.1 Å². The van der Waals surface area contributed by atoms with Crippen LogP contribution in [0.2, 0.25) is 0 Å². The van der Waals surface area contributed by atoms with Gasteiger partial charge < -0.3 is 4.74 Å². The molecule has 0 saturated carbocycles. The zero-order valence-electron chi connectivity index (χ0n) is 11.0. The largest absolute Gasteiger partial charge is 0.349 e. The minimum absolute atomic E-state index is 0.0362. The molecule has 1 aromatic carbocycles. The maximum atomic E-state index is 11.4. The monoisotopic (exact) mass is 285 g/mol. The summed E-state index contributed by atoms with van der Waals surface area (Å²) >= 11 is 0. The van der Waals surface area contributed by atoms with Gasteiger partial charge in [-0.25, -0.2) is 4.18 Å². The first-order chi connectivity index (χ1) is 9.09. The predicted molar refractivity (Wildman–Crippen MR) is 72.0 cm³/mol. The summed E-state index contributed by atoms with van der Waals surface area (Å²) in [6.45, 7) is 4.06. The summed E-state index contributed by atoms with van der Waals surface area (Å²) in [6, 6.07) is 10.1. The smallest absolute Gasteiger partial charge is 0.269 e. The predicted octanol–water partition coefficient (Wildman–Crippen LogP) is 1.21. The Bertz CT molecular complexity index is 489. The third kappa shape index (κ3) is 4.58. The summed E-state index contributed by atoms with van der Waals surface area (Å²) < 4.78 is 33.2. The van der Waals surface area contributed by atoms with Gasteiger partial charge in [0.15, 0.2) is 6.29 Å². The molecule has 1 heterocycles. The van der Waals surface area contributed by atoms with E-state index in [9.17, 15) is 8.42 Å². The van der Waals surface area contributed by atoms with E-state index in [-0.39, 0.29) is 5.75 Å². The van der Waals surface area contributed by atoms with E-state index in [1.807, 2.05) is 30.3 Å². The number of rotatable bonds is 5. The Morgan fingerprint density at radius 1 is 1.37 bits per heavy atom. The van der Waals surface area contributed by atoms with Crippen LogP contribution in [0.1, 0.15) is 12.5 Å². The molecule has 2 rings (SSSR count). The van der Waals surface area contributed by atoms with Crippen LogP contribution in [0.3, 0.4) is 0 Å². The van der Waals surface area contributed by atoms with Crippen molar-refractivity contribution < 1.29 is 17.3 Å². The van der Waals surface area contributed by atoms with E-state index in [0.717, 1.165) is 13.1 Å². The maximum Gasteiger partial charge on any atom is 0.269 e. The lowest BCUT2D eigenvalue weighted by Crippen LogP contribution is -2.44. The minimum atomic E-state index is -3.47. The SMILES string of the molecule is CCS(=O)(=O)O[C@@H]1CN(Cc2ccccc2)CCO1. The fourth-order valence-corrected chi connectivity index (χ4v) is 2.52. The van der Waals surface area contributed by atoms with Gasteiger partial charge in [-0.05, 0) is 12.5 Å². The van der Waals surface area contributed by atoms with Gasteiger partial charge in [0.05, 0.1) is 18.9 Å². The first-order valence-corrected chi connectivity index (χ1v) is 7.95. The normalized spacial score (nSPS) is 21.4. The van der Waals surface area contributed by atoms with Crippen molar-refractivity contribution in [3.63, 3.8) is 0 Å². The summed E-state index contributed by atoms with van der Waals surface area (Å²) in [5.74, 6) is -0.0362. The van der Waals surface area contributed by atoms with Crippen LogP contribution in [0.25, 0.3) is 0 Å².